The molecule has 0 saturated heterocycles. The molecule has 2 aromatic carbocycles. The van der Waals surface area contributed by atoms with Crippen LogP contribution in [-0.4, -0.2) is 13.4 Å². The number of nitrogens with zero attached hydrogens (tertiary/aromatic N) is 1. The van der Waals surface area contributed by atoms with Gasteiger partial charge in [0.2, 0.25) is 10.0 Å². The van der Waals surface area contributed by atoms with E-state index in [9.17, 15) is 8.42 Å². The summed E-state index contributed by atoms with van der Waals surface area (Å²) in [5, 5.41) is 8.00. The highest BCUT2D eigenvalue weighted by Gasteiger charge is 2.07. The standard InChI is InChI=1S/C15H12N2O2S2/c16-21(18,19)14-7-5-12(6-8-14)11-1-3-13(4-2-11)15-17-9-10-20-15/h1-10H,(H2,16,18,19). The molecule has 0 bridgehead atoms. The van der Waals surface area contributed by atoms with Crippen LogP contribution in [0.4, 0.5) is 0 Å². The number of hydrogen-bond donors (Lipinski definition) is 1. The second-order valence-electron chi connectivity index (χ2n) is 4.48. The number of aromatic nitrogens is 1. The van der Waals surface area contributed by atoms with Crippen LogP contribution in [0.25, 0.3) is 21.7 Å². The Morgan fingerprint density at radius 1 is 0.857 bits per heavy atom. The van der Waals surface area contributed by atoms with E-state index in [0.29, 0.717) is 0 Å². The number of benzene rings is 2. The summed E-state index contributed by atoms with van der Waals surface area (Å²) in [5.74, 6) is 0. The number of rotatable bonds is 3. The van der Waals surface area contributed by atoms with E-state index in [-0.39, 0.29) is 4.90 Å². The molecule has 3 aromatic rings. The van der Waals surface area contributed by atoms with Crippen LogP contribution in [0.1, 0.15) is 0 Å². The molecule has 0 fully saturated rings. The summed E-state index contributed by atoms with van der Waals surface area (Å²) in [6.07, 6.45) is 1.78. The topological polar surface area (TPSA) is 73.1 Å². The Labute approximate surface area is 127 Å². The fraction of sp³-hybridized carbons (Fsp3) is 0. The first-order chi connectivity index (χ1) is 10.0. The monoisotopic (exact) mass is 316 g/mol. The van der Waals surface area contributed by atoms with Gasteiger partial charge in [0.25, 0.3) is 0 Å². The molecule has 0 radical (unpaired) electrons. The molecule has 0 atom stereocenters. The number of hydrogen-bond acceptors (Lipinski definition) is 4. The third kappa shape index (κ3) is 3.02. The molecule has 0 unspecified atom stereocenters. The maximum absolute atomic E-state index is 11.2. The van der Waals surface area contributed by atoms with Gasteiger partial charge >= 0.3 is 0 Å². The van der Waals surface area contributed by atoms with E-state index in [1.54, 1.807) is 29.7 Å². The largest absolute Gasteiger partial charge is 0.245 e. The predicted octanol–water partition coefficient (Wildman–Crippen LogP) is 3.12. The summed E-state index contributed by atoms with van der Waals surface area (Å²) in [6.45, 7) is 0. The van der Waals surface area contributed by atoms with Crippen LogP contribution >= 0.6 is 11.3 Å². The first-order valence-corrected chi connectivity index (χ1v) is 8.60. The Bertz CT molecular complexity index is 838. The van der Waals surface area contributed by atoms with Gasteiger partial charge < -0.3 is 0 Å². The molecule has 106 valence electrons. The van der Waals surface area contributed by atoms with Gasteiger partial charge in [0, 0.05) is 17.1 Å². The number of sulfonamides is 1. The maximum Gasteiger partial charge on any atom is 0.238 e. The maximum atomic E-state index is 11.2. The molecular formula is C15H12N2O2S2. The molecule has 4 nitrogen and oxygen atoms in total. The highest BCUT2D eigenvalue weighted by Crippen LogP contribution is 2.26. The lowest BCUT2D eigenvalue weighted by molar-refractivity contribution is 0.598. The SMILES string of the molecule is NS(=O)(=O)c1ccc(-c2ccc(-c3nccs3)cc2)cc1. The van der Waals surface area contributed by atoms with Crippen LogP contribution in [0.15, 0.2) is 65.0 Å². The highest BCUT2D eigenvalue weighted by molar-refractivity contribution is 7.89. The van der Waals surface area contributed by atoms with Gasteiger partial charge in [-0.05, 0) is 23.3 Å². The lowest BCUT2D eigenvalue weighted by Gasteiger charge is -2.04. The molecule has 0 aliphatic rings. The smallest absolute Gasteiger partial charge is 0.238 e. The van der Waals surface area contributed by atoms with Crippen molar-refractivity contribution in [2.24, 2.45) is 5.14 Å². The Kier molecular flexibility index (Phi) is 3.59. The van der Waals surface area contributed by atoms with E-state index >= 15 is 0 Å². The molecule has 0 spiro atoms. The molecule has 3 rings (SSSR count). The van der Waals surface area contributed by atoms with E-state index in [1.165, 1.54) is 12.1 Å². The van der Waals surface area contributed by atoms with Gasteiger partial charge in [0.15, 0.2) is 0 Å². The summed E-state index contributed by atoms with van der Waals surface area (Å²) in [7, 11) is -3.64. The first kappa shape index (κ1) is 13.9. The number of nitrogens with two attached hydrogens (primary N) is 1. The molecule has 0 amide bonds. The normalized spacial score (nSPS) is 11.5. The molecule has 1 heterocycles. The Hall–Kier alpha value is -2.02. The predicted molar refractivity (Wildman–Crippen MR) is 84.4 cm³/mol. The van der Waals surface area contributed by atoms with E-state index in [1.807, 2.05) is 29.6 Å². The van der Waals surface area contributed by atoms with Gasteiger partial charge in [-0.2, -0.15) is 0 Å². The fourth-order valence-electron chi connectivity index (χ4n) is 2.01. The molecule has 0 aliphatic carbocycles. The van der Waals surface area contributed by atoms with Gasteiger partial charge in [-0.3, -0.25) is 0 Å². The zero-order valence-electron chi connectivity index (χ0n) is 10.9. The fourth-order valence-corrected chi connectivity index (χ4v) is 3.17. The second kappa shape index (κ2) is 5.40. The highest BCUT2D eigenvalue weighted by atomic mass is 32.2. The molecule has 2 N–H and O–H groups in total. The summed E-state index contributed by atoms with van der Waals surface area (Å²) in [6, 6.07) is 14.5. The van der Waals surface area contributed by atoms with Gasteiger partial charge in [0.1, 0.15) is 5.01 Å². The van der Waals surface area contributed by atoms with E-state index in [2.05, 4.69) is 4.98 Å². The van der Waals surface area contributed by atoms with E-state index < -0.39 is 10.0 Å². The van der Waals surface area contributed by atoms with Crippen molar-refractivity contribution in [1.82, 2.24) is 4.98 Å². The molecule has 0 saturated carbocycles. The minimum atomic E-state index is -3.64. The first-order valence-electron chi connectivity index (χ1n) is 6.17. The van der Waals surface area contributed by atoms with Crippen LogP contribution in [0.5, 0.6) is 0 Å². The van der Waals surface area contributed by atoms with Gasteiger partial charge in [-0.1, -0.05) is 36.4 Å². The van der Waals surface area contributed by atoms with Gasteiger partial charge in [-0.25, -0.2) is 18.5 Å². The van der Waals surface area contributed by atoms with Crippen LogP contribution in [0.2, 0.25) is 0 Å². The van der Waals surface area contributed by atoms with Crippen LogP contribution < -0.4 is 5.14 Å². The van der Waals surface area contributed by atoms with Gasteiger partial charge in [-0.15, -0.1) is 11.3 Å². The molecule has 1 aromatic heterocycles. The van der Waals surface area contributed by atoms with Crippen LogP contribution in [-0.2, 0) is 10.0 Å². The van der Waals surface area contributed by atoms with Crippen molar-refractivity contribution in [2.75, 3.05) is 0 Å². The average molecular weight is 316 g/mol. The quantitative estimate of drug-likeness (QED) is 0.807. The lowest BCUT2D eigenvalue weighted by Crippen LogP contribution is -2.11. The summed E-state index contributed by atoms with van der Waals surface area (Å²) in [5.41, 5.74) is 3.01. The lowest BCUT2D eigenvalue weighted by atomic mass is 10.0. The zero-order valence-corrected chi connectivity index (χ0v) is 12.6. The van der Waals surface area contributed by atoms with Crippen molar-refractivity contribution in [3.05, 3.63) is 60.1 Å². The molecule has 6 heteroatoms. The van der Waals surface area contributed by atoms with Crippen molar-refractivity contribution >= 4 is 21.4 Å². The second-order valence-corrected chi connectivity index (χ2v) is 6.94. The molecule has 21 heavy (non-hydrogen) atoms. The van der Waals surface area contributed by atoms with Crippen LogP contribution in [0.3, 0.4) is 0 Å². The minimum Gasteiger partial charge on any atom is -0.245 e. The Balaban J connectivity index is 1.91. The molecule has 0 aliphatic heterocycles. The van der Waals surface area contributed by atoms with Crippen molar-refractivity contribution in [2.45, 2.75) is 4.90 Å². The number of primary sulfonamides is 1. The van der Waals surface area contributed by atoms with Crippen molar-refractivity contribution in [1.29, 1.82) is 0 Å². The van der Waals surface area contributed by atoms with Crippen molar-refractivity contribution in [3.63, 3.8) is 0 Å². The van der Waals surface area contributed by atoms with Crippen molar-refractivity contribution in [3.8, 4) is 21.7 Å². The Morgan fingerprint density at radius 2 is 1.38 bits per heavy atom. The average Bonchev–Trinajstić information content (AvgIpc) is 3.01. The summed E-state index contributed by atoms with van der Waals surface area (Å²) >= 11 is 1.59. The Morgan fingerprint density at radius 3 is 1.86 bits per heavy atom. The van der Waals surface area contributed by atoms with E-state index in [4.69, 9.17) is 5.14 Å². The summed E-state index contributed by atoms with van der Waals surface area (Å²) < 4.78 is 22.5. The van der Waals surface area contributed by atoms with Gasteiger partial charge in [0.05, 0.1) is 4.90 Å². The third-order valence-corrected chi connectivity index (χ3v) is 4.83. The summed E-state index contributed by atoms with van der Waals surface area (Å²) in [4.78, 5) is 4.38. The third-order valence-electron chi connectivity index (χ3n) is 3.08. The zero-order chi connectivity index (χ0) is 14.9. The molecular weight excluding hydrogens is 304 g/mol. The minimum absolute atomic E-state index is 0.116. The number of thiazole rings is 1. The van der Waals surface area contributed by atoms with Crippen LogP contribution in [0, 0.1) is 0 Å². The van der Waals surface area contributed by atoms with Crippen molar-refractivity contribution < 1.29 is 8.42 Å². The van der Waals surface area contributed by atoms with E-state index in [0.717, 1.165) is 21.7 Å².